The molecule has 1 atom stereocenters. The Kier molecular flexibility index (Phi) is 5.24. The van der Waals surface area contributed by atoms with Crippen molar-refractivity contribution in [2.45, 2.75) is 17.9 Å². The van der Waals surface area contributed by atoms with Gasteiger partial charge in [-0.1, -0.05) is 6.07 Å². The van der Waals surface area contributed by atoms with Crippen LogP contribution in [0.15, 0.2) is 23.1 Å². The van der Waals surface area contributed by atoms with Gasteiger partial charge in [0.15, 0.2) is 0 Å². The van der Waals surface area contributed by atoms with E-state index in [1.165, 1.54) is 19.1 Å². The number of aliphatic carboxylic acids is 1. The molecule has 0 spiro atoms. The van der Waals surface area contributed by atoms with Gasteiger partial charge in [-0.05, 0) is 24.6 Å². The monoisotopic (exact) mass is 317 g/mol. The summed E-state index contributed by atoms with van der Waals surface area (Å²) >= 11 is 0. The maximum atomic E-state index is 11.5. The normalized spacial score (nSPS) is 12.5. The van der Waals surface area contributed by atoms with Gasteiger partial charge in [0.25, 0.3) is 10.1 Å². The third-order valence-corrected chi connectivity index (χ3v) is 3.52. The van der Waals surface area contributed by atoms with E-state index in [9.17, 15) is 18.0 Å². The zero-order valence-electron chi connectivity index (χ0n) is 11.0. The largest absolute Gasteiger partial charge is 0.480 e. The van der Waals surface area contributed by atoms with Crippen LogP contribution in [0.3, 0.4) is 0 Å². The van der Waals surface area contributed by atoms with Crippen molar-refractivity contribution in [3.63, 3.8) is 0 Å². The van der Waals surface area contributed by atoms with Crippen LogP contribution in [0.2, 0.25) is 0 Å². The Hall–Kier alpha value is -2.17. The smallest absolute Gasteiger partial charge is 0.322 e. The highest BCUT2D eigenvalue weighted by atomic mass is 32.2. The van der Waals surface area contributed by atoms with Gasteiger partial charge in [0.05, 0.1) is 4.90 Å². The lowest BCUT2D eigenvalue weighted by Crippen LogP contribution is -2.43. The number of carbonyl (C=O) groups is 2. The predicted molar refractivity (Wildman–Crippen MR) is 73.6 cm³/mol. The van der Waals surface area contributed by atoms with Crippen LogP contribution in [0.1, 0.15) is 5.56 Å². The van der Waals surface area contributed by atoms with Gasteiger partial charge in [-0.15, -0.1) is 0 Å². The van der Waals surface area contributed by atoms with E-state index < -0.39 is 28.2 Å². The fourth-order valence-corrected chi connectivity index (χ4v) is 2.17. The molecule has 0 aliphatic rings. The SMILES string of the molecule is Cc1ccc(NC(=O)NC[C@H](N)C(=O)O)cc1S(=O)(=O)O. The van der Waals surface area contributed by atoms with Crippen LogP contribution in [0, 0.1) is 6.92 Å². The minimum atomic E-state index is -4.40. The number of hydrogen-bond acceptors (Lipinski definition) is 5. The molecule has 0 aromatic heterocycles. The molecule has 116 valence electrons. The van der Waals surface area contributed by atoms with E-state index in [4.69, 9.17) is 15.4 Å². The summed E-state index contributed by atoms with van der Waals surface area (Å²) in [6.45, 7) is 1.19. The third kappa shape index (κ3) is 5.02. The predicted octanol–water partition coefficient (Wildman–Crippen LogP) is -0.225. The number of carboxylic acid groups (broad SMARTS) is 1. The minimum Gasteiger partial charge on any atom is -0.480 e. The highest BCUT2D eigenvalue weighted by Crippen LogP contribution is 2.19. The first-order valence-electron chi connectivity index (χ1n) is 5.72. The quantitative estimate of drug-likeness (QED) is 0.469. The van der Waals surface area contributed by atoms with Crippen molar-refractivity contribution in [3.8, 4) is 0 Å². The molecule has 0 radical (unpaired) electrons. The first kappa shape index (κ1) is 16.9. The zero-order valence-corrected chi connectivity index (χ0v) is 11.8. The van der Waals surface area contributed by atoms with Gasteiger partial charge in [0, 0.05) is 12.2 Å². The number of amides is 2. The second-order valence-corrected chi connectivity index (χ2v) is 5.63. The zero-order chi connectivity index (χ0) is 16.2. The van der Waals surface area contributed by atoms with Crippen molar-refractivity contribution in [1.29, 1.82) is 0 Å². The van der Waals surface area contributed by atoms with E-state index in [0.29, 0.717) is 5.56 Å². The van der Waals surface area contributed by atoms with Crippen molar-refractivity contribution in [2.24, 2.45) is 5.73 Å². The van der Waals surface area contributed by atoms with Crippen molar-refractivity contribution >= 4 is 27.8 Å². The minimum absolute atomic E-state index is 0.120. The van der Waals surface area contributed by atoms with Gasteiger partial charge in [-0.25, -0.2) is 4.79 Å². The molecule has 1 rings (SSSR count). The standard InChI is InChI=1S/C11H15N3O6S/c1-6-2-3-7(4-9(6)21(18,19)20)14-11(17)13-5-8(12)10(15)16/h2-4,8H,5,12H2,1H3,(H,15,16)(H2,13,14,17)(H,18,19,20)/t8-/m0/s1. The third-order valence-electron chi connectivity index (χ3n) is 2.52. The van der Waals surface area contributed by atoms with Gasteiger partial charge in [0.1, 0.15) is 6.04 Å². The van der Waals surface area contributed by atoms with Crippen molar-refractivity contribution in [1.82, 2.24) is 5.32 Å². The highest BCUT2D eigenvalue weighted by Gasteiger charge is 2.15. The van der Waals surface area contributed by atoms with E-state index in [-0.39, 0.29) is 17.1 Å². The van der Waals surface area contributed by atoms with Gasteiger partial charge in [0.2, 0.25) is 0 Å². The number of nitrogens with two attached hydrogens (primary N) is 1. The average molecular weight is 317 g/mol. The molecule has 6 N–H and O–H groups in total. The van der Waals surface area contributed by atoms with Crippen molar-refractivity contribution in [2.75, 3.05) is 11.9 Å². The maximum absolute atomic E-state index is 11.5. The first-order chi connectivity index (χ1) is 9.61. The molecule has 0 fully saturated rings. The molecule has 0 heterocycles. The molecule has 0 saturated carbocycles. The van der Waals surface area contributed by atoms with Gasteiger partial charge in [-0.2, -0.15) is 8.42 Å². The molecule has 9 nitrogen and oxygen atoms in total. The first-order valence-corrected chi connectivity index (χ1v) is 7.16. The Balaban J connectivity index is 2.76. The fraction of sp³-hybridized carbons (Fsp3) is 0.273. The number of urea groups is 1. The Morgan fingerprint density at radius 2 is 2.00 bits per heavy atom. The van der Waals surface area contributed by atoms with E-state index in [0.717, 1.165) is 6.07 Å². The van der Waals surface area contributed by atoms with Crippen LogP contribution >= 0.6 is 0 Å². The molecule has 1 aromatic rings. The Morgan fingerprint density at radius 1 is 1.38 bits per heavy atom. The summed E-state index contributed by atoms with van der Waals surface area (Å²) in [4.78, 5) is 21.6. The van der Waals surface area contributed by atoms with Gasteiger partial charge in [-0.3, -0.25) is 9.35 Å². The summed E-state index contributed by atoms with van der Waals surface area (Å²) in [6.07, 6.45) is 0. The van der Waals surface area contributed by atoms with Crippen LogP contribution in [-0.4, -0.2) is 42.7 Å². The van der Waals surface area contributed by atoms with Crippen LogP contribution < -0.4 is 16.4 Å². The van der Waals surface area contributed by atoms with Crippen molar-refractivity contribution in [3.05, 3.63) is 23.8 Å². The summed E-state index contributed by atoms with van der Waals surface area (Å²) in [6, 6.07) is 1.92. The van der Waals surface area contributed by atoms with E-state index >= 15 is 0 Å². The topological polar surface area (TPSA) is 159 Å². The summed E-state index contributed by atoms with van der Waals surface area (Å²) in [5.41, 5.74) is 5.64. The van der Waals surface area contributed by atoms with Crippen LogP contribution in [0.4, 0.5) is 10.5 Å². The lowest BCUT2D eigenvalue weighted by atomic mass is 10.2. The molecular weight excluding hydrogens is 302 g/mol. The summed E-state index contributed by atoms with van der Waals surface area (Å²) < 4.78 is 31.3. The number of carbonyl (C=O) groups excluding carboxylic acids is 1. The second kappa shape index (κ2) is 6.52. The number of rotatable bonds is 5. The second-order valence-electron chi connectivity index (χ2n) is 4.24. The summed E-state index contributed by atoms with van der Waals surface area (Å²) in [5, 5.41) is 13.1. The molecular formula is C11H15N3O6S. The number of hydrogen-bond donors (Lipinski definition) is 5. The molecule has 0 bridgehead atoms. The summed E-state index contributed by atoms with van der Waals surface area (Å²) in [5.74, 6) is -1.26. The number of aryl methyl sites for hydroxylation is 1. The molecule has 21 heavy (non-hydrogen) atoms. The van der Waals surface area contributed by atoms with Gasteiger partial charge >= 0.3 is 12.0 Å². The van der Waals surface area contributed by atoms with Crippen LogP contribution in [0.5, 0.6) is 0 Å². The molecule has 0 aliphatic heterocycles. The molecule has 0 unspecified atom stereocenters. The van der Waals surface area contributed by atoms with E-state index in [1.54, 1.807) is 0 Å². The number of anilines is 1. The molecule has 0 aliphatic carbocycles. The lowest BCUT2D eigenvalue weighted by Gasteiger charge is -2.11. The molecule has 1 aromatic carbocycles. The average Bonchev–Trinajstić information content (AvgIpc) is 2.36. The van der Waals surface area contributed by atoms with Crippen LogP contribution in [0.25, 0.3) is 0 Å². The Morgan fingerprint density at radius 3 is 2.52 bits per heavy atom. The molecule has 10 heteroatoms. The lowest BCUT2D eigenvalue weighted by molar-refractivity contribution is -0.138. The maximum Gasteiger partial charge on any atom is 0.322 e. The van der Waals surface area contributed by atoms with E-state index in [1.807, 2.05) is 0 Å². The summed E-state index contributed by atoms with van der Waals surface area (Å²) in [7, 11) is -4.40. The van der Waals surface area contributed by atoms with Crippen LogP contribution in [-0.2, 0) is 14.9 Å². The Labute approximate surface area is 120 Å². The number of carboxylic acids is 1. The highest BCUT2D eigenvalue weighted by molar-refractivity contribution is 7.85. The fourth-order valence-electron chi connectivity index (χ4n) is 1.42. The Bertz CT molecular complexity index is 658. The van der Waals surface area contributed by atoms with Crippen molar-refractivity contribution < 1.29 is 27.7 Å². The number of nitrogens with one attached hydrogen (secondary N) is 2. The molecule has 2 amide bonds. The number of benzene rings is 1. The van der Waals surface area contributed by atoms with E-state index in [2.05, 4.69) is 10.6 Å². The molecule has 0 saturated heterocycles. The van der Waals surface area contributed by atoms with Gasteiger partial charge < -0.3 is 21.5 Å².